The van der Waals surface area contributed by atoms with Crippen molar-refractivity contribution in [2.24, 2.45) is 0 Å². The molecule has 0 aliphatic carbocycles. The summed E-state index contributed by atoms with van der Waals surface area (Å²) in [5.74, 6) is -1.09. The number of halogens is 2. The number of rotatable bonds is 9. The summed E-state index contributed by atoms with van der Waals surface area (Å²) in [6, 6.07) is 30.3. The van der Waals surface area contributed by atoms with Gasteiger partial charge in [0.2, 0.25) is 5.91 Å². The lowest BCUT2D eigenvalue weighted by Gasteiger charge is -2.14. The Morgan fingerprint density at radius 3 is 2.33 bits per heavy atom. The molecular weight excluding hydrogens is 610 g/mol. The van der Waals surface area contributed by atoms with Crippen LogP contribution in [0.5, 0.6) is 0 Å². The minimum atomic E-state index is -0.490. The Labute approximate surface area is 250 Å². The molecule has 0 aliphatic rings. The quantitative estimate of drug-likeness (QED) is 0.131. The molecule has 0 spiro atoms. The van der Waals surface area contributed by atoms with Gasteiger partial charge < -0.3 is 16.0 Å². The van der Waals surface area contributed by atoms with E-state index in [9.17, 15) is 14.4 Å². The predicted molar refractivity (Wildman–Crippen MR) is 166 cm³/mol. The van der Waals surface area contributed by atoms with Crippen molar-refractivity contribution in [3.63, 3.8) is 0 Å². The normalized spacial score (nSPS) is 11.8. The smallest absolute Gasteiger partial charge is 0.272 e. The van der Waals surface area contributed by atoms with Gasteiger partial charge in [-0.1, -0.05) is 76.1 Å². The van der Waals surface area contributed by atoms with E-state index in [1.807, 2.05) is 36.4 Å². The molecule has 3 N–H and O–H groups in total. The van der Waals surface area contributed by atoms with Crippen molar-refractivity contribution in [2.75, 3.05) is 10.6 Å². The molecule has 9 heteroatoms. The SMILES string of the molecule is CC(Sc1cccc(NC(=O)/C(=C\c2cccc(Br)c2)NC(=O)c2ccccc2)c1)C(=O)Nc1ccccc1Cl. The third kappa shape index (κ3) is 8.32. The van der Waals surface area contributed by atoms with E-state index in [4.69, 9.17) is 11.6 Å². The van der Waals surface area contributed by atoms with Gasteiger partial charge in [-0.3, -0.25) is 14.4 Å². The number of amides is 3. The maximum absolute atomic E-state index is 13.4. The lowest BCUT2D eigenvalue weighted by molar-refractivity contribution is -0.115. The number of nitrogens with one attached hydrogen (secondary N) is 3. The van der Waals surface area contributed by atoms with Gasteiger partial charge in [-0.2, -0.15) is 0 Å². The predicted octanol–water partition coefficient (Wildman–Crippen LogP) is 7.63. The van der Waals surface area contributed by atoms with Crippen molar-refractivity contribution >= 4 is 74.5 Å². The van der Waals surface area contributed by atoms with Gasteiger partial charge in [0, 0.05) is 20.6 Å². The van der Waals surface area contributed by atoms with Crippen molar-refractivity contribution in [3.8, 4) is 0 Å². The van der Waals surface area contributed by atoms with E-state index >= 15 is 0 Å². The van der Waals surface area contributed by atoms with Crippen LogP contribution < -0.4 is 16.0 Å². The fourth-order valence-corrected chi connectivity index (χ4v) is 5.13. The standard InChI is InChI=1S/C31H25BrClN3O3S/c1-20(29(37)35-27-16-6-5-15-26(27)33)40-25-14-8-13-24(19-25)34-31(39)28(18-21-9-7-12-23(32)17-21)36-30(38)22-10-3-2-4-11-22/h2-20H,1H3,(H,34,39)(H,35,37)(H,36,38)/b28-18+. The zero-order chi connectivity index (χ0) is 28.5. The van der Waals surface area contributed by atoms with Crippen LogP contribution in [0.1, 0.15) is 22.8 Å². The third-order valence-electron chi connectivity index (χ3n) is 5.59. The van der Waals surface area contributed by atoms with Gasteiger partial charge >= 0.3 is 0 Å². The molecule has 0 aliphatic heterocycles. The number of carbonyl (C=O) groups excluding carboxylic acids is 3. The van der Waals surface area contributed by atoms with Crippen LogP contribution in [0.15, 0.2) is 118 Å². The van der Waals surface area contributed by atoms with Crippen LogP contribution in [-0.2, 0) is 9.59 Å². The van der Waals surface area contributed by atoms with Crippen LogP contribution in [0.2, 0.25) is 5.02 Å². The molecule has 1 unspecified atom stereocenters. The van der Waals surface area contributed by atoms with Gasteiger partial charge in [0.1, 0.15) is 5.70 Å². The molecule has 4 aromatic carbocycles. The molecule has 202 valence electrons. The first-order chi connectivity index (χ1) is 19.3. The summed E-state index contributed by atoms with van der Waals surface area (Å²) in [7, 11) is 0. The third-order valence-corrected chi connectivity index (χ3v) is 7.51. The van der Waals surface area contributed by atoms with E-state index in [2.05, 4.69) is 31.9 Å². The largest absolute Gasteiger partial charge is 0.324 e. The molecule has 3 amide bonds. The Morgan fingerprint density at radius 2 is 1.57 bits per heavy atom. The van der Waals surface area contributed by atoms with Crippen LogP contribution >= 0.6 is 39.3 Å². The minimum Gasteiger partial charge on any atom is -0.324 e. The lowest BCUT2D eigenvalue weighted by atomic mass is 10.1. The Bertz CT molecular complexity index is 1560. The number of anilines is 2. The van der Waals surface area contributed by atoms with Crippen molar-refractivity contribution in [2.45, 2.75) is 17.1 Å². The molecule has 40 heavy (non-hydrogen) atoms. The van der Waals surface area contributed by atoms with Gasteiger partial charge in [-0.05, 0) is 73.2 Å². The average molecular weight is 635 g/mol. The summed E-state index contributed by atoms with van der Waals surface area (Å²) < 4.78 is 0.841. The second-order valence-corrected chi connectivity index (χ2v) is 11.4. The molecule has 0 aromatic heterocycles. The molecule has 0 radical (unpaired) electrons. The molecule has 6 nitrogen and oxygen atoms in total. The first-order valence-corrected chi connectivity index (χ1v) is 14.3. The van der Waals surface area contributed by atoms with E-state index < -0.39 is 17.1 Å². The van der Waals surface area contributed by atoms with E-state index in [-0.39, 0.29) is 11.6 Å². The van der Waals surface area contributed by atoms with Gasteiger partial charge in [-0.25, -0.2) is 0 Å². The van der Waals surface area contributed by atoms with E-state index in [1.54, 1.807) is 79.7 Å². The van der Waals surface area contributed by atoms with Crippen molar-refractivity contribution < 1.29 is 14.4 Å². The summed E-state index contributed by atoms with van der Waals surface area (Å²) in [6.45, 7) is 1.79. The van der Waals surface area contributed by atoms with E-state index in [0.717, 1.165) is 14.9 Å². The highest BCUT2D eigenvalue weighted by Crippen LogP contribution is 2.28. The topological polar surface area (TPSA) is 87.3 Å². The summed E-state index contributed by atoms with van der Waals surface area (Å²) in [5.41, 5.74) is 2.30. The number of hydrogen-bond acceptors (Lipinski definition) is 4. The molecule has 0 saturated heterocycles. The zero-order valence-electron chi connectivity index (χ0n) is 21.4. The Morgan fingerprint density at radius 1 is 0.850 bits per heavy atom. The first-order valence-electron chi connectivity index (χ1n) is 12.3. The highest BCUT2D eigenvalue weighted by molar-refractivity contribution is 9.10. The molecular formula is C31H25BrClN3O3S. The van der Waals surface area contributed by atoms with Crippen LogP contribution in [0.4, 0.5) is 11.4 Å². The van der Waals surface area contributed by atoms with Gasteiger partial charge in [0.25, 0.3) is 11.8 Å². The van der Waals surface area contributed by atoms with Crippen LogP contribution in [0.25, 0.3) is 6.08 Å². The monoisotopic (exact) mass is 633 g/mol. The van der Waals surface area contributed by atoms with Gasteiger partial charge in [0.05, 0.1) is 16.0 Å². The minimum absolute atomic E-state index is 0.0810. The number of thioether (sulfide) groups is 1. The van der Waals surface area contributed by atoms with Gasteiger partial charge in [0.15, 0.2) is 0 Å². The summed E-state index contributed by atoms with van der Waals surface area (Å²) >= 11 is 10.9. The fraction of sp³-hybridized carbons (Fsp3) is 0.0645. The van der Waals surface area contributed by atoms with E-state index in [0.29, 0.717) is 22.0 Å². The molecule has 1 atom stereocenters. The molecule has 0 fully saturated rings. The molecule has 0 heterocycles. The maximum atomic E-state index is 13.4. The van der Waals surface area contributed by atoms with Crippen molar-refractivity contribution in [3.05, 3.63) is 129 Å². The fourth-order valence-electron chi connectivity index (χ4n) is 3.61. The van der Waals surface area contributed by atoms with Gasteiger partial charge in [-0.15, -0.1) is 11.8 Å². The summed E-state index contributed by atoms with van der Waals surface area (Å²) in [6.07, 6.45) is 1.61. The Balaban J connectivity index is 1.48. The Hall–Kier alpha value is -3.85. The molecule has 4 rings (SSSR count). The molecule has 0 saturated carbocycles. The van der Waals surface area contributed by atoms with Crippen molar-refractivity contribution in [1.29, 1.82) is 0 Å². The Kier molecular flexibility index (Phi) is 10.2. The first kappa shape index (κ1) is 29.1. The zero-order valence-corrected chi connectivity index (χ0v) is 24.5. The number of para-hydroxylation sites is 1. The number of carbonyl (C=O) groups is 3. The maximum Gasteiger partial charge on any atom is 0.272 e. The van der Waals surface area contributed by atoms with Crippen LogP contribution in [-0.4, -0.2) is 23.0 Å². The highest BCUT2D eigenvalue weighted by Gasteiger charge is 2.18. The summed E-state index contributed by atoms with van der Waals surface area (Å²) in [4.78, 5) is 39.7. The van der Waals surface area contributed by atoms with Crippen LogP contribution in [0, 0.1) is 0 Å². The number of hydrogen-bond donors (Lipinski definition) is 3. The highest BCUT2D eigenvalue weighted by atomic mass is 79.9. The number of benzene rings is 4. The second-order valence-electron chi connectivity index (χ2n) is 8.64. The summed E-state index contributed by atoms with van der Waals surface area (Å²) in [5, 5.41) is 8.46. The average Bonchev–Trinajstić information content (AvgIpc) is 2.94. The molecule has 0 bridgehead atoms. The van der Waals surface area contributed by atoms with Crippen LogP contribution in [0.3, 0.4) is 0 Å². The van der Waals surface area contributed by atoms with Crippen molar-refractivity contribution in [1.82, 2.24) is 5.32 Å². The van der Waals surface area contributed by atoms with E-state index in [1.165, 1.54) is 11.8 Å². The second kappa shape index (κ2) is 14.0. The molecule has 4 aromatic rings. The lowest BCUT2D eigenvalue weighted by Crippen LogP contribution is -2.30.